The fourth-order valence-corrected chi connectivity index (χ4v) is 4.11. The van der Waals surface area contributed by atoms with Gasteiger partial charge in [0.2, 0.25) is 0 Å². The first-order valence-corrected chi connectivity index (χ1v) is 7.81. The molecule has 0 saturated heterocycles. The summed E-state index contributed by atoms with van der Waals surface area (Å²) in [6.45, 7) is 2.23. The maximum Gasteiger partial charge on any atom is 0.0794 e. The van der Waals surface area contributed by atoms with Crippen molar-refractivity contribution in [1.29, 1.82) is 0 Å². The van der Waals surface area contributed by atoms with Crippen LogP contribution >= 0.6 is 22.7 Å². The number of thiazole rings is 1. The van der Waals surface area contributed by atoms with Crippen molar-refractivity contribution in [2.45, 2.75) is 38.3 Å². The SMILES string of the molecule is CC(NC1CCCc2sccc21)c1cncs1. The minimum atomic E-state index is 0.401. The van der Waals surface area contributed by atoms with Gasteiger partial charge in [-0.15, -0.1) is 22.7 Å². The largest absolute Gasteiger partial charge is 0.302 e. The van der Waals surface area contributed by atoms with Gasteiger partial charge in [-0.1, -0.05) is 0 Å². The van der Waals surface area contributed by atoms with Gasteiger partial charge >= 0.3 is 0 Å². The number of nitrogens with one attached hydrogen (secondary N) is 1. The van der Waals surface area contributed by atoms with E-state index in [4.69, 9.17) is 0 Å². The van der Waals surface area contributed by atoms with Gasteiger partial charge in [-0.3, -0.25) is 4.98 Å². The van der Waals surface area contributed by atoms with Crippen LogP contribution in [0.1, 0.15) is 47.2 Å². The molecule has 0 radical (unpaired) electrons. The maximum absolute atomic E-state index is 4.15. The Morgan fingerprint density at radius 2 is 2.41 bits per heavy atom. The van der Waals surface area contributed by atoms with E-state index < -0.39 is 0 Å². The molecule has 0 amide bonds. The van der Waals surface area contributed by atoms with Crippen molar-refractivity contribution in [2.24, 2.45) is 0 Å². The summed E-state index contributed by atoms with van der Waals surface area (Å²) in [5, 5.41) is 5.96. The van der Waals surface area contributed by atoms with Crippen LogP contribution in [0, 0.1) is 0 Å². The summed E-state index contributed by atoms with van der Waals surface area (Å²) in [5.41, 5.74) is 3.43. The Balaban J connectivity index is 1.75. The van der Waals surface area contributed by atoms with E-state index in [0.29, 0.717) is 12.1 Å². The number of nitrogens with zero attached hydrogens (tertiary/aromatic N) is 1. The summed E-state index contributed by atoms with van der Waals surface area (Å²) in [6.07, 6.45) is 5.80. The highest BCUT2D eigenvalue weighted by molar-refractivity contribution is 7.10. The van der Waals surface area contributed by atoms with E-state index in [-0.39, 0.29) is 0 Å². The van der Waals surface area contributed by atoms with Gasteiger partial charge in [0.15, 0.2) is 0 Å². The van der Waals surface area contributed by atoms with Crippen LogP contribution in [0.25, 0.3) is 0 Å². The topological polar surface area (TPSA) is 24.9 Å². The van der Waals surface area contributed by atoms with Gasteiger partial charge in [-0.25, -0.2) is 0 Å². The average molecular weight is 264 g/mol. The zero-order chi connectivity index (χ0) is 11.7. The second-order valence-electron chi connectivity index (χ2n) is 4.54. The third-order valence-corrected chi connectivity index (χ3v) is 5.34. The van der Waals surface area contributed by atoms with Gasteiger partial charge in [-0.2, -0.15) is 0 Å². The molecule has 0 saturated carbocycles. The van der Waals surface area contributed by atoms with Crippen LogP contribution in [-0.2, 0) is 6.42 Å². The van der Waals surface area contributed by atoms with Crippen LogP contribution in [0.5, 0.6) is 0 Å². The second kappa shape index (κ2) is 4.88. The molecule has 2 atom stereocenters. The molecule has 0 aliphatic heterocycles. The molecule has 0 fully saturated rings. The molecule has 90 valence electrons. The van der Waals surface area contributed by atoms with Crippen LogP contribution in [0.4, 0.5) is 0 Å². The Hall–Kier alpha value is -0.710. The maximum atomic E-state index is 4.15. The van der Waals surface area contributed by atoms with Crippen LogP contribution in [0.15, 0.2) is 23.2 Å². The van der Waals surface area contributed by atoms with Gasteiger partial charge in [-0.05, 0) is 43.2 Å². The zero-order valence-electron chi connectivity index (χ0n) is 9.85. The molecule has 2 aromatic rings. The standard InChI is InChI=1S/C13H16N2S2/c1-9(13-7-14-8-17-13)15-11-3-2-4-12-10(11)5-6-16-12/h5-9,11,15H,2-4H2,1H3. The van der Waals surface area contributed by atoms with E-state index in [2.05, 4.69) is 28.7 Å². The Kier molecular flexibility index (Phi) is 3.27. The molecule has 2 aromatic heterocycles. The Labute approximate surface area is 110 Å². The lowest BCUT2D eigenvalue weighted by atomic mass is 9.93. The Morgan fingerprint density at radius 1 is 1.47 bits per heavy atom. The van der Waals surface area contributed by atoms with E-state index >= 15 is 0 Å². The molecule has 0 bridgehead atoms. The van der Waals surface area contributed by atoms with Crippen molar-refractivity contribution in [3.63, 3.8) is 0 Å². The molecule has 1 aliphatic carbocycles. The molecule has 2 unspecified atom stereocenters. The zero-order valence-corrected chi connectivity index (χ0v) is 11.5. The highest BCUT2D eigenvalue weighted by Gasteiger charge is 2.22. The molecule has 1 N–H and O–H groups in total. The lowest BCUT2D eigenvalue weighted by Gasteiger charge is -2.26. The average Bonchev–Trinajstić information content (AvgIpc) is 3.00. The summed E-state index contributed by atoms with van der Waals surface area (Å²) >= 11 is 3.64. The summed E-state index contributed by atoms with van der Waals surface area (Å²) in [4.78, 5) is 7.05. The van der Waals surface area contributed by atoms with E-state index in [9.17, 15) is 0 Å². The van der Waals surface area contributed by atoms with E-state index in [1.54, 1.807) is 16.2 Å². The first-order valence-electron chi connectivity index (χ1n) is 6.05. The van der Waals surface area contributed by atoms with Crippen molar-refractivity contribution in [3.05, 3.63) is 38.5 Å². The fraction of sp³-hybridized carbons (Fsp3) is 0.462. The predicted molar refractivity (Wildman–Crippen MR) is 73.7 cm³/mol. The number of hydrogen-bond acceptors (Lipinski definition) is 4. The van der Waals surface area contributed by atoms with E-state index in [1.165, 1.54) is 29.7 Å². The molecular formula is C13H16N2S2. The first kappa shape index (κ1) is 11.4. The third-order valence-electron chi connectivity index (χ3n) is 3.38. The van der Waals surface area contributed by atoms with Crippen molar-refractivity contribution in [2.75, 3.05) is 0 Å². The number of aromatic nitrogens is 1. The fourth-order valence-electron chi connectivity index (χ4n) is 2.48. The van der Waals surface area contributed by atoms with Gasteiger partial charge < -0.3 is 5.32 Å². The van der Waals surface area contributed by atoms with Crippen molar-refractivity contribution in [1.82, 2.24) is 10.3 Å². The quantitative estimate of drug-likeness (QED) is 0.908. The van der Waals surface area contributed by atoms with Gasteiger partial charge in [0.05, 0.1) is 5.51 Å². The monoisotopic (exact) mass is 264 g/mol. The molecule has 3 rings (SSSR count). The smallest absolute Gasteiger partial charge is 0.0794 e. The number of fused-ring (bicyclic) bond motifs is 1. The third kappa shape index (κ3) is 2.30. The van der Waals surface area contributed by atoms with Crippen molar-refractivity contribution in [3.8, 4) is 0 Å². The van der Waals surface area contributed by atoms with E-state index in [0.717, 1.165) is 0 Å². The molecule has 4 heteroatoms. The molecule has 0 spiro atoms. The van der Waals surface area contributed by atoms with Crippen LogP contribution in [0.2, 0.25) is 0 Å². The lowest BCUT2D eigenvalue weighted by molar-refractivity contribution is 0.421. The molecule has 0 aromatic carbocycles. The summed E-state index contributed by atoms with van der Waals surface area (Å²) in [7, 11) is 0. The van der Waals surface area contributed by atoms with E-state index in [1.807, 2.05) is 23.0 Å². The highest BCUT2D eigenvalue weighted by Crippen LogP contribution is 2.35. The number of rotatable bonds is 3. The Morgan fingerprint density at radius 3 is 3.24 bits per heavy atom. The van der Waals surface area contributed by atoms with Gasteiger partial charge in [0.25, 0.3) is 0 Å². The van der Waals surface area contributed by atoms with Crippen molar-refractivity contribution < 1.29 is 0 Å². The lowest BCUT2D eigenvalue weighted by Crippen LogP contribution is -2.26. The molecule has 17 heavy (non-hydrogen) atoms. The molecule has 1 aliphatic rings. The van der Waals surface area contributed by atoms with Crippen molar-refractivity contribution >= 4 is 22.7 Å². The minimum absolute atomic E-state index is 0.401. The number of hydrogen-bond donors (Lipinski definition) is 1. The number of aryl methyl sites for hydroxylation is 1. The molecule has 2 heterocycles. The van der Waals surface area contributed by atoms with Crippen LogP contribution in [-0.4, -0.2) is 4.98 Å². The van der Waals surface area contributed by atoms with Gasteiger partial charge in [0.1, 0.15) is 0 Å². The van der Waals surface area contributed by atoms with Crippen LogP contribution < -0.4 is 5.32 Å². The number of thiophene rings is 1. The predicted octanol–water partition coefficient (Wildman–Crippen LogP) is 3.93. The minimum Gasteiger partial charge on any atom is -0.302 e. The second-order valence-corrected chi connectivity index (χ2v) is 6.45. The normalized spacial score (nSPS) is 21.1. The Bertz CT molecular complexity index is 475. The summed E-state index contributed by atoms with van der Waals surface area (Å²) in [5.74, 6) is 0. The highest BCUT2D eigenvalue weighted by atomic mass is 32.1. The van der Waals surface area contributed by atoms with Crippen LogP contribution in [0.3, 0.4) is 0 Å². The first-order chi connectivity index (χ1) is 8.34. The summed E-state index contributed by atoms with van der Waals surface area (Å²) < 4.78 is 0. The molecule has 2 nitrogen and oxygen atoms in total. The summed E-state index contributed by atoms with van der Waals surface area (Å²) in [6, 6.07) is 3.22. The molecular weight excluding hydrogens is 248 g/mol. The van der Waals surface area contributed by atoms with Gasteiger partial charge in [0, 0.05) is 28.0 Å².